The predicted octanol–water partition coefficient (Wildman–Crippen LogP) is 2.98. The Morgan fingerprint density at radius 2 is 1.15 bits per heavy atom. The fourth-order valence-electron chi connectivity index (χ4n) is 2.51. The number of hydrogen-bond acceptors (Lipinski definition) is 7. The number of phenols is 2. The van der Waals surface area contributed by atoms with Gasteiger partial charge in [-0.1, -0.05) is 12.1 Å². The molecular formula is C20H22O7. The van der Waals surface area contributed by atoms with E-state index in [4.69, 9.17) is 14.2 Å². The van der Waals surface area contributed by atoms with E-state index in [9.17, 15) is 19.8 Å². The van der Waals surface area contributed by atoms with Crippen molar-refractivity contribution in [3.05, 3.63) is 47.5 Å². The zero-order valence-corrected chi connectivity index (χ0v) is 15.2. The van der Waals surface area contributed by atoms with Gasteiger partial charge < -0.3 is 24.4 Å². The molecule has 2 aromatic rings. The van der Waals surface area contributed by atoms with E-state index in [-0.39, 0.29) is 60.6 Å². The molecule has 2 rings (SSSR count). The van der Waals surface area contributed by atoms with Gasteiger partial charge in [-0.3, -0.25) is 9.59 Å². The molecule has 27 heavy (non-hydrogen) atoms. The first kappa shape index (κ1) is 20.3. The first-order chi connectivity index (χ1) is 12.9. The minimum atomic E-state index is -0.287. The molecule has 0 atom stereocenters. The van der Waals surface area contributed by atoms with Gasteiger partial charge in [0.15, 0.2) is 11.6 Å². The Morgan fingerprint density at radius 1 is 0.741 bits per heavy atom. The Morgan fingerprint density at radius 3 is 1.52 bits per heavy atom. The molecule has 0 fully saturated rings. The first-order valence-electron chi connectivity index (χ1n) is 8.41. The van der Waals surface area contributed by atoms with E-state index in [0.717, 1.165) is 0 Å². The maximum Gasteiger partial charge on any atom is 0.167 e. The molecule has 0 unspecified atom stereocenters. The smallest absolute Gasteiger partial charge is 0.167 e. The van der Waals surface area contributed by atoms with Crippen LogP contribution >= 0.6 is 0 Å². The number of ether oxygens (including phenoxy) is 3. The summed E-state index contributed by atoms with van der Waals surface area (Å²) in [6, 6.07) is 9.24. The van der Waals surface area contributed by atoms with Crippen molar-refractivity contribution in [2.45, 2.75) is 13.8 Å². The number of ketones is 2. The minimum absolute atomic E-state index is 0.123. The summed E-state index contributed by atoms with van der Waals surface area (Å²) >= 11 is 0. The van der Waals surface area contributed by atoms with Crippen molar-refractivity contribution < 1.29 is 34.0 Å². The fraction of sp³-hybridized carbons (Fsp3) is 0.300. The molecule has 0 aliphatic heterocycles. The average Bonchev–Trinajstić information content (AvgIpc) is 2.60. The molecule has 0 aromatic heterocycles. The van der Waals surface area contributed by atoms with Crippen LogP contribution in [-0.4, -0.2) is 48.2 Å². The van der Waals surface area contributed by atoms with Gasteiger partial charge in [-0.15, -0.1) is 0 Å². The standard InChI is InChI=1S/C20H22O7/c1-13(21)19-15(23)5-3-7-17(19)26-11-9-25-10-12-27-18-8-4-6-16(24)20(18)14(2)22/h3-8,23-24H,9-12H2,1-2H3. The van der Waals surface area contributed by atoms with E-state index < -0.39 is 0 Å². The monoisotopic (exact) mass is 374 g/mol. The van der Waals surface area contributed by atoms with Crippen molar-refractivity contribution in [2.75, 3.05) is 26.4 Å². The number of carbonyl (C=O) groups excluding carboxylic acids is 2. The Labute approximate surface area is 157 Å². The molecule has 0 amide bonds. The molecule has 144 valence electrons. The summed E-state index contributed by atoms with van der Waals surface area (Å²) < 4.78 is 16.4. The number of benzene rings is 2. The lowest BCUT2D eigenvalue weighted by Gasteiger charge is -2.12. The summed E-state index contributed by atoms with van der Waals surface area (Å²) in [4.78, 5) is 23.1. The van der Waals surface area contributed by atoms with Crippen LogP contribution < -0.4 is 9.47 Å². The van der Waals surface area contributed by atoms with Gasteiger partial charge in [0.2, 0.25) is 0 Å². The van der Waals surface area contributed by atoms with Crippen molar-refractivity contribution in [2.24, 2.45) is 0 Å². The SMILES string of the molecule is CC(=O)c1c(O)cccc1OCCOCCOc1cccc(O)c1C(C)=O. The molecule has 2 aromatic carbocycles. The molecule has 2 N–H and O–H groups in total. The zero-order valence-electron chi connectivity index (χ0n) is 15.2. The molecule has 0 radical (unpaired) electrons. The third-order valence-electron chi connectivity index (χ3n) is 3.68. The van der Waals surface area contributed by atoms with E-state index in [1.807, 2.05) is 0 Å². The highest BCUT2D eigenvalue weighted by Crippen LogP contribution is 2.28. The highest BCUT2D eigenvalue weighted by molar-refractivity contribution is 6.00. The predicted molar refractivity (Wildman–Crippen MR) is 98.0 cm³/mol. The highest BCUT2D eigenvalue weighted by Gasteiger charge is 2.14. The fourth-order valence-corrected chi connectivity index (χ4v) is 2.51. The van der Waals surface area contributed by atoms with Crippen LogP contribution in [0.15, 0.2) is 36.4 Å². The molecular weight excluding hydrogens is 352 g/mol. The van der Waals surface area contributed by atoms with Gasteiger partial charge >= 0.3 is 0 Å². The van der Waals surface area contributed by atoms with Crippen molar-refractivity contribution in [1.82, 2.24) is 0 Å². The van der Waals surface area contributed by atoms with Gasteiger partial charge in [-0.2, -0.15) is 0 Å². The maximum absolute atomic E-state index is 11.6. The second kappa shape index (κ2) is 9.59. The van der Waals surface area contributed by atoms with Gasteiger partial charge in [-0.05, 0) is 38.1 Å². The van der Waals surface area contributed by atoms with Crippen molar-refractivity contribution in [3.8, 4) is 23.0 Å². The van der Waals surface area contributed by atoms with Crippen LogP contribution in [0.1, 0.15) is 34.6 Å². The Kier molecular flexibility index (Phi) is 7.19. The largest absolute Gasteiger partial charge is 0.507 e. The van der Waals surface area contributed by atoms with Crippen LogP contribution in [0.4, 0.5) is 0 Å². The zero-order chi connectivity index (χ0) is 19.8. The summed E-state index contributed by atoms with van der Waals surface area (Å²) in [5.41, 5.74) is 0.281. The molecule has 7 nitrogen and oxygen atoms in total. The van der Waals surface area contributed by atoms with Crippen LogP contribution in [0.3, 0.4) is 0 Å². The molecule has 0 saturated carbocycles. The van der Waals surface area contributed by atoms with E-state index in [1.165, 1.54) is 26.0 Å². The van der Waals surface area contributed by atoms with Gasteiger partial charge in [0, 0.05) is 0 Å². The van der Waals surface area contributed by atoms with Crippen molar-refractivity contribution in [1.29, 1.82) is 0 Å². The lowest BCUT2D eigenvalue weighted by atomic mass is 10.1. The Balaban J connectivity index is 1.75. The van der Waals surface area contributed by atoms with Gasteiger partial charge in [0.05, 0.1) is 13.2 Å². The van der Waals surface area contributed by atoms with Crippen molar-refractivity contribution >= 4 is 11.6 Å². The third-order valence-corrected chi connectivity index (χ3v) is 3.68. The number of aromatic hydroxyl groups is 2. The molecule has 0 aliphatic carbocycles. The van der Waals surface area contributed by atoms with Gasteiger partial charge in [0.1, 0.15) is 47.3 Å². The number of phenolic OH excluding ortho intramolecular Hbond substituents is 2. The lowest BCUT2D eigenvalue weighted by molar-refractivity contribution is 0.0752. The van der Waals surface area contributed by atoms with Crippen LogP contribution in [0.25, 0.3) is 0 Å². The maximum atomic E-state index is 11.6. The summed E-state index contributed by atoms with van der Waals surface area (Å²) in [5, 5.41) is 19.5. The quantitative estimate of drug-likeness (QED) is 0.487. The average molecular weight is 374 g/mol. The number of rotatable bonds is 10. The van der Waals surface area contributed by atoms with Gasteiger partial charge in [0.25, 0.3) is 0 Å². The van der Waals surface area contributed by atoms with E-state index in [2.05, 4.69) is 0 Å². The van der Waals surface area contributed by atoms with Crippen LogP contribution in [0, 0.1) is 0 Å². The highest BCUT2D eigenvalue weighted by atomic mass is 16.5. The summed E-state index contributed by atoms with van der Waals surface area (Å²) in [7, 11) is 0. The summed E-state index contributed by atoms with van der Waals surface area (Å²) in [6.07, 6.45) is 0. The van der Waals surface area contributed by atoms with Crippen LogP contribution in [-0.2, 0) is 4.74 Å². The molecule has 0 aliphatic rings. The van der Waals surface area contributed by atoms with Crippen LogP contribution in [0.2, 0.25) is 0 Å². The second-order valence-corrected chi connectivity index (χ2v) is 5.72. The van der Waals surface area contributed by atoms with Crippen molar-refractivity contribution in [3.63, 3.8) is 0 Å². The van der Waals surface area contributed by atoms with Crippen LogP contribution in [0.5, 0.6) is 23.0 Å². The Hall–Kier alpha value is -3.06. The van der Waals surface area contributed by atoms with Gasteiger partial charge in [-0.25, -0.2) is 0 Å². The molecule has 7 heteroatoms. The molecule has 0 heterocycles. The number of Topliss-reactive ketones (excluding diaryl/α,β-unsaturated/α-hetero) is 2. The summed E-state index contributed by atoms with van der Waals surface area (Å²) in [5.74, 6) is -0.223. The van der Waals surface area contributed by atoms with E-state index >= 15 is 0 Å². The van der Waals surface area contributed by atoms with E-state index in [0.29, 0.717) is 11.5 Å². The normalized spacial score (nSPS) is 10.4. The Bertz CT molecular complexity index is 746. The topological polar surface area (TPSA) is 102 Å². The number of hydrogen-bond donors (Lipinski definition) is 2. The molecule has 0 spiro atoms. The number of carbonyl (C=O) groups is 2. The summed E-state index contributed by atoms with van der Waals surface area (Å²) in [6.45, 7) is 3.58. The first-order valence-corrected chi connectivity index (χ1v) is 8.41. The molecule has 0 bridgehead atoms. The lowest BCUT2D eigenvalue weighted by Crippen LogP contribution is -2.13. The second-order valence-electron chi connectivity index (χ2n) is 5.72. The third kappa shape index (κ3) is 5.46. The molecule has 0 saturated heterocycles. The van der Waals surface area contributed by atoms with E-state index in [1.54, 1.807) is 24.3 Å². The minimum Gasteiger partial charge on any atom is -0.507 e.